The number of hydrogen-bond acceptors (Lipinski definition) is 4. The van der Waals surface area contributed by atoms with Gasteiger partial charge in [0, 0.05) is 35.7 Å². The van der Waals surface area contributed by atoms with Gasteiger partial charge in [0.2, 0.25) is 0 Å². The van der Waals surface area contributed by atoms with Gasteiger partial charge in [0.25, 0.3) is 5.91 Å². The lowest BCUT2D eigenvalue weighted by atomic mass is 9.58. The van der Waals surface area contributed by atoms with Crippen molar-refractivity contribution < 1.29 is 14.7 Å². The predicted octanol–water partition coefficient (Wildman–Crippen LogP) is 7.45. The van der Waals surface area contributed by atoms with Crippen molar-refractivity contribution in [2.75, 3.05) is 19.6 Å². The molecule has 3 atom stereocenters. The molecule has 7 rings (SSSR count). The number of rotatable bonds is 9. The van der Waals surface area contributed by atoms with Crippen molar-refractivity contribution in [1.82, 2.24) is 10.2 Å². The third-order valence-corrected chi connectivity index (χ3v) is 10.9. The fourth-order valence-electron chi connectivity index (χ4n) is 7.77. The number of likely N-dealkylation sites (tertiary alicyclic amines) is 1. The average molecular weight is 599 g/mol. The van der Waals surface area contributed by atoms with E-state index in [0.717, 1.165) is 65.0 Å². The van der Waals surface area contributed by atoms with Crippen molar-refractivity contribution in [3.63, 3.8) is 0 Å². The number of phenolic OH excluding ortho intramolecular Hbond substituents is 1. The molecule has 1 aliphatic heterocycles. The van der Waals surface area contributed by atoms with E-state index in [4.69, 9.17) is 0 Å². The Balaban J connectivity index is 0.975. The molecule has 5 heteroatoms. The number of phenols is 1. The fourth-order valence-corrected chi connectivity index (χ4v) is 7.77. The fraction of sp³-hybridized carbons (Fsp3) is 0.350. The van der Waals surface area contributed by atoms with E-state index in [0.29, 0.717) is 36.1 Å². The van der Waals surface area contributed by atoms with Gasteiger partial charge in [0.15, 0.2) is 0 Å². The van der Waals surface area contributed by atoms with E-state index in [9.17, 15) is 14.7 Å². The number of piperidine rings is 1. The summed E-state index contributed by atoms with van der Waals surface area (Å²) in [5.74, 6) is 1.28. The Bertz CT molecular complexity index is 1710. The summed E-state index contributed by atoms with van der Waals surface area (Å²) in [7, 11) is 0. The van der Waals surface area contributed by atoms with Gasteiger partial charge >= 0.3 is 0 Å². The van der Waals surface area contributed by atoms with E-state index >= 15 is 0 Å². The lowest BCUT2D eigenvalue weighted by molar-refractivity contribution is 0.0271. The van der Waals surface area contributed by atoms with E-state index in [1.165, 1.54) is 24.9 Å². The summed E-state index contributed by atoms with van der Waals surface area (Å²) in [5, 5.41) is 14.6. The van der Waals surface area contributed by atoms with Crippen LogP contribution in [0.4, 0.5) is 0 Å². The van der Waals surface area contributed by atoms with Crippen LogP contribution in [-0.4, -0.2) is 47.9 Å². The molecular weight excluding hydrogens is 556 g/mol. The minimum Gasteiger partial charge on any atom is -0.507 e. The Hall–Kier alpha value is -4.22. The monoisotopic (exact) mass is 598 g/mol. The molecule has 1 saturated heterocycles. The van der Waals surface area contributed by atoms with Gasteiger partial charge in [0.05, 0.1) is 5.56 Å². The number of amides is 1. The first-order valence-corrected chi connectivity index (χ1v) is 16.5. The molecule has 2 bridgehead atoms. The van der Waals surface area contributed by atoms with Gasteiger partial charge in [-0.15, -0.1) is 0 Å². The summed E-state index contributed by atoms with van der Waals surface area (Å²) >= 11 is 0. The van der Waals surface area contributed by atoms with Crippen LogP contribution in [0.25, 0.3) is 22.3 Å². The molecule has 2 aliphatic carbocycles. The molecule has 0 spiro atoms. The molecule has 45 heavy (non-hydrogen) atoms. The summed E-state index contributed by atoms with van der Waals surface area (Å²) in [6.45, 7) is 7.42. The second-order valence-electron chi connectivity index (χ2n) is 13.7. The first-order valence-electron chi connectivity index (χ1n) is 16.5. The molecular formula is C40H42N2O3. The smallest absolute Gasteiger partial charge is 0.255 e. The number of nitrogens with zero attached hydrogens (tertiary/aromatic N) is 1. The molecule has 3 aliphatic rings. The third kappa shape index (κ3) is 5.70. The number of hydrogen-bond donors (Lipinski definition) is 2. The zero-order chi connectivity index (χ0) is 31.1. The van der Waals surface area contributed by atoms with Crippen LogP contribution in [0.3, 0.4) is 0 Å². The van der Waals surface area contributed by atoms with Gasteiger partial charge in [-0.2, -0.15) is 0 Å². The highest BCUT2D eigenvalue weighted by Gasteiger charge is 2.50. The second kappa shape index (κ2) is 11.9. The van der Waals surface area contributed by atoms with E-state index in [2.05, 4.69) is 78.7 Å². The molecule has 230 valence electrons. The van der Waals surface area contributed by atoms with Crippen molar-refractivity contribution in [3.05, 3.63) is 113 Å². The van der Waals surface area contributed by atoms with Crippen LogP contribution in [0.5, 0.6) is 5.75 Å². The molecule has 1 saturated carbocycles. The van der Waals surface area contributed by atoms with Crippen LogP contribution in [0.2, 0.25) is 0 Å². The van der Waals surface area contributed by atoms with Crippen LogP contribution in [-0.2, 0) is 18.3 Å². The number of carbonyl (C=O) groups is 2. The molecule has 3 unspecified atom stereocenters. The highest BCUT2D eigenvalue weighted by atomic mass is 16.3. The Kier molecular flexibility index (Phi) is 7.83. The zero-order valence-corrected chi connectivity index (χ0v) is 26.3. The van der Waals surface area contributed by atoms with E-state index < -0.39 is 0 Å². The average Bonchev–Trinajstić information content (AvgIpc) is 3.89. The lowest BCUT2D eigenvalue weighted by Crippen LogP contribution is -2.58. The summed E-state index contributed by atoms with van der Waals surface area (Å²) < 4.78 is 0. The number of carbonyl (C=O) groups excluding carboxylic acids is 2. The Morgan fingerprint density at radius 3 is 2.11 bits per heavy atom. The molecule has 1 amide bonds. The Morgan fingerprint density at radius 2 is 1.51 bits per heavy atom. The standard InChI is InChI=1S/C40H42N2O3/c1-26-36-23-34-17-18-35(38(44)37(34)40(26,2)20-22-42(36)24-28-3-4-28)39(45)41-21-19-27-5-9-30(10-6-27)32-13-15-33(16-14-32)31-11-7-29(25-43)8-12-31/h5-18,25-26,28,36,44H,3-4,19-24H2,1-2H3,(H,41,45). The van der Waals surface area contributed by atoms with Crippen LogP contribution < -0.4 is 5.32 Å². The second-order valence-corrected chi connectivity index (χ2v) is 13.7. The van der Waals surface area contributed by atoms with E-state index in [1.54, 1.807) is 0 Å². The van der Waals surface area contributed by atoms with Crippen LogP contribution in [0, 0.1) is 11.8 Å². The number of benzene rings is 4. The number of fused-ring (bicyclic) bond motifs is 4. The molecule has 4 aromatic carbocycles. The quantitative estimate of drug-likeness (QED) is 0.197. The molecule has 5 nitrogen and oxygen atoms in total. The molecule has 4 aromatic rings. The van der Waals surface area contributed by atoms with Crippen molar-refractivity contribution in [2.45, 2.75) is 57.4 Å². The highest BCUT2D eigenvalue weighted by molar-refractivity contribution is 5.97. The SMILES string of the molecule is CC1C2Cc3ccc(C(=O)NCCc4ccc(-c5ccc(-c6ccc(C=O)cc6)cc5)cc4)c(O)c3C1(C)CCN2CC1CC1. The van der Waals surface area contributed by atoms with Gasteiger partial charge in [-0.05, 0) is 89.9 Å². The van der Waals surface area contributed by atoms with E-state index in [1.807, 2.05) is 30.3 Å². The maximum Gasteiger partial charge on any atom is 0.255 e. The maximum absolute atomic E-state index is 13.3. The van der Waals surface area contributed by atoms with Gasteiger partial charge < -0.3 is 10.4 Å². The minimum absolute atomic E-state index is 0.122. The molecule has 2 N–H and O–H groups in total. The number of aromatic hydroxyl groups is 1. The Morgan fingerprint density at radius 1 is 0.911 bits per heavy atom. The first kappa shape index (κ1) is 29.5. The van der Waals surface area contributed by atoms with Crippen LogP contribution in [0.15, 0.2) is 84.9 Å². The van der Waals surface area contributed by atoms with Gasteiger partial charge in [-0.3, -0.25) is 14.5 Å². The zero-order valence-electron chi connectivity index (χ0n) is 26.3. The van der Waals surface area contributed by atoms with Crippen molar-refractivity contribution in [1.29, 1.82) is 0 Å². The van der Waals surface area contributed by atoms with Crippen LogP contribution >= 0.6 is 0 Å². The molecule has 0 radical (unpaired) electrons. The topological polar surface area (TPSA) is 69.6 Å². The summed E-state index contributed by atoms with van der Waals surface area (Å²) in [6.07, 6.45) is 6.26. The van der Waals surface area contributed by atoms with Crippen LogP contribution in [0.1, 0.15) is 70.5 Å². The summed E-state index contributed by atoms with van der Waals surface area (Å²) in [5.41, 5.74) is 8.75. The minimum atomic E-state index is -0.211. The predicted molar refractivity (Wildman–Crippen MR) is 180 cm³/mol. The normalized spacial score (nSPS) is 22.4. The van der Waals surface area contributed by atoms with Gasteiger partial charge in [0.1, 0.15) is 12.0 Å². The summed E-state index contributed by atoms with van der Waals surface area (Å²) in [6, 6.07) is 28.9. The number of aldehydes is 1. The largest absolute Gasteiger partial charge is 0.507 e. The van der Waals surface area contributed by atoms with Crippen molar-refractivity contribution in [2.24, 2.45) is 11.8 Å². The van der Waals surface area contributed by atoms with Gasteiger partial charge in [-0.25, -0.2) is 0 Å². The first-order chi connectivity index (χ1) is 21.8. The number of nitrogens with one attached hydrogen (secondary N) is 1. The van der Waals surface area contributed by atoms with Crippen molar-refractivity contribution >= 4 is 12.2 Å². The molecule has 1 heterocycles. The van der Waals surface area contributed by atoms with Gasteiger partial charge in [-0.1, -0.05) is 92.7 Å². The third-order valence-electron chi connectivity index (χ3n) is 10.9. The summed E-state index contributed by atoms with van der Waals surface area (Å²) in [4.78, 5) is 26.9. The van der Waals surface area contributed by atoms with E-state index in [-0.39, 0.29) is 17.1 Å². The molecule has 2 fully saturated rings. The highest BCUT2D eigenvalue weighted by Crippen LogP contribution is 2.52. The lowest BCUT2D eigenvalue weighted by Gasteiger charge is -2.55. The molecule has 0 aromatic heterocycles. The van der Waals surface area contributed by atoms with Crippen molar-refractivity contribution in [3.8, 4) is 28.0 Å². The Labute approximate surface area is 266 Å². The maximum atomic E-state index is 13.3.